The van der Waals surface area contributed by atoms with Crippen LogP contribution in [0.25, 0.3) is 10.9 Å². The molecule has 0 fully saturated rings. The second-order valence-electron chi connectivity index (χ2n) is 5.82. The minimum Gasteiger partial charge on any atom is -0.351 e. The van der Waals surface area contributed by atoms with Gasteiger partial charge in [-0.05, 0) is 35.6 Å². The molecule has 2 nitrogen and oxygen atoms in total. The van der Waals surface area contributed by atoms with Gasteiger partial charge in [0.25, 0.3) is 0 Å². The van der Waals surface area contributed by atoms with E-state index in [0.29, 0.717) is 0 Å². The number of Topliss-reactive ketones (excluding diaryl/α,β-unsaturated/α-hetero) is 1. The van der Waals surface area contributed by atoms with Crippen LogP contribution in [0, 0.1) is 0 Å². The van der Waals surface area contributed by atoms with Gasteiger partial charge in [-0.3, -0.25) is 4.79 Å². The van der Waals surface area contributed by atoms with E-state index in [1.54, 1.807) is 0 Å². The third-order valence-corrected chi connectivity index (χ3v) is 4.26. The average molecular weight is 291 g/mol. The minimum atomic E-state index is -0.0583. The topological polar surface area (TPSA) is 22.0 Å². The quantitative estimate of drug-likeness (QED) is 0.610. The molecule has 1 atom stereocenters. The Morgan fingerprint density at radius 1 is 1.09 bits per heavy atom. The van der Waals surface area contributed by atoms with Crippen LogP contribution in [0.2, 0.25) is 0 Å². The van der Waals surface area contributed by atoms with E-state index >= 15 is 0 Å². The number of rotatable bonds is 5. The lowest BCUT2D eigenvalue weighted by atomic mass is 9.87. The van der Waals surface area contributed by atoms with Crippen LogP contribution in [0.5, 0.6) is 0 Å². The molecule has 0 aliphatic carbocycles. The molecule has 1 aromatic heterocycles. The monoisotopic (exact) mass is 291 g/mol. The Hall–Kier alpha value is -2.35. The summed E-state index contributed by atoms with van der Waals surface area (Å²) in [5, 5.41) is 1.20. The van der Waals surface area contributed by atoms with E-state index in [1.165, 1.54) is 10.9 Å². The van der Waals surface area contributed by atoms with Gasteiger partial charge >= 0.3 is 0 Å². The van der Waals surface area contributed by atoms with Gasteiger partial charge in [-0.25, -0.2) is 0 Å². The molecule has 0 saturated heterocycles. The molecule has 3 rings (SSSR count). The molecule has 1 heterocycles. The van der Waals surface area contributed by atoms with Gasteiger partial charge in [-0.2, -0.15) is 0 Å². The molecule has 22 heavy (non-hydrogen) atoms. The van der Waals surface area contributed by atoms with Crippen molar-refractivity contribution in [3.63, 3.8) is 0 Å². The van der Waals surface area contributed by atoms with Crippen LogP contribution in [0.1, 0.15) is 41.6 Å². The Morgan fingerprint density at radius 2 is 1.86 bits per heavy atom. The summed E-state index contributed by atoms with van der Waals surface area (Å²) in [4.78, 5) is 12.9. The van der Waals surface area contributed by atoms with Gasteiger partial charge in [0.1, 0.15) is 0 Å². The standard InChI is InChI=1S/C20H21NO/c1-3-7-18(20(22)15-8-5-4-6-9-15)16-10-11-19-17(14-16)12-13-21(19)2/h4-6,8-14,18H,3,7H2,1-2H3. The molecule has 2 heteroatoms. The summed E-state index contributed by atoms with van der Waals surface area (Å²) in [5.41, 5.74) is 3.12. The average Bonchev–Trinajstić information content (AvgIpc) is 2.93. The molecule has 0 saturated carbocycles. The van der Waals surface area contributed by atoms with Crippen LogP contribution in [0.15, 0.2) is 60.8 Å². The number of ketones is 1. The van der Waals surface area contributed by atoms with Crippen molar-refractivity contribution in [1.82, 2.24) is 4.57 Å². The SMILES string of the molecule is CCCC(C(=O)c1ccccc1)c1ccc2c(ccn2C)c1. The van der Waals surface area contributed by atoms with E-state index in [4.69, 9.17) is 0 Å². The number of benzene rings is 2. The van der Waals surface area contributed by atoms with Gasteiger partial charge in [0.2, 0.25) is 0 Å². The van der Waals surface area contributed by atoms with Crippen molar-refractivity contribution in [2.45, 2.75) is 25.7 Å². The zero-order chi connectivity index (χ0) is 15.5. The largest absolute Gasteiger partial charge is 0.351 e. The third kappa shape index (κ3) is 2.69. The zero-order valence-corrected chi connectivity index (χ0v) is 13.1. The maximum absolute atomic E-state index is 12.9. The first-order valence-corrected chi connectivity index (χ1v) is 7.85. The molecule has 0 aliphatic heterocycles. The first-order valence-electron chi connectivity index (χ1n) is 7.85. The van der Waals surface area contributed by atoms with Crippen LogP contribution >= 0.6 is 0 Å². The van der Waals surface area contributed by atoms with Crippen molar-refractivity contribution < 1.29 is 4.79 Å². The molecular formula is C20H21NO. The molecule has 2 aromatic carbocycles. The van der Waals surface area contributed by atoms with Crippen LogP contribution < -0.4 is 0 Å². The summed E-state index contributed by atoms with van der Waals surface area (Å²) in [6.07, 6.45) is 3.93. The van der Waals surface area contributed by atoms with Gasteiger partial charge in [-0.1, -0.05) is 49.7 Å². The molecule has 0 amide bonds. The number of carbonyl (C=O) groups is 1. The smallest absolute Gasteiger partial charge is 0.170 e. The summed E-state index contributed by atoms with van der Waals surface area (Å²) in [6, 6.07) is 18.1. The van der Waals surface area contributed by atoms with Crippen molar-refractivity contribution in [3.05, 3.63) is 71.9 Å². The molecule has 112 valence electrons. The lowest BCUT2D eigenvalue weighted by Crippen LogP contribution is -2.13. The fourth-order valence-electron chi connectivity index (χ4n) is 3.06. The van der Waals surface area contributed by atoms with Gasteiger partial charge in [-0.15, -0.1) is 0 Å². The van der Waals surface area contributed by atoms with Gasteiger partial charge in [0.15, 0.2) is 5.78 Å². The lowest BCUT2D eigenvalue weighted by Gasteiger charge is -2.16. The highest BCUT2D eigenvalue weighted by molar-refractivity contribution is 6.01. The van der Waals surface area contributed by atoms with Crippen LogP contribution in [-0.4, -0.2) is 10.4 Å². The highest BCUT2D eigenvalue weighted by atomic mass is 16.1. The van der Waals surface area contributed by atoms with Crippen molar-refractivity contribution in [2.24, 2.45) is 7.05 Å². The molecule has 0 N–H and O–H groups in total. The van der Waals surface area contributed by atoms with Crippen LogP contribution in [0.4, 0.5) is 0 Å². The van der Waals surface area contributed by atoms with Gasteiger partial charge in [0, 0.05) is 30.2 Å². The molecule has 0 bridgehead atoms. The molecule has 3 aromatic rings. The number of hydrogen-bond acceptors (Lipinski definition) is 1. The van der Waals surface area contributed by atoms with E-state index < -0.39 is 0 Å². The number of fused-ring (bicyclic) bond motifs is 1. The normalized spacial score (nSPS) is 12.5. The van der Waals surface area contributed by atoms with E-state index in [9.17, 15) is 4.79 Å². The van der Waals surface area contributed by atoms with E-state index in [-0.39, 0.29) is 11.7 Å². The number of aromatic nitrogens is 1. The predicted molar refractivity (Wildman–Crippen MR) is 91.3 cm³/mol. The lowest BCUT2D eigenvalue weighted by molar-refractivity contribution is 0.0954. The summed E-state index contributed by atoms with van der Waals surface area (Å²) < 4.78 is 2.10. The highest BCUT2D eigenvalue weighted by Gasteiger charge is 2.21. The maximum Gasteiger partial charge on any atom is 0.170 e. The van der Waals surface area contributed by atoms with E-state index in [1.807, 2.05) is 37.4 Å². The zero-order valence-electron chi connectivity index (χ0n) is 13.1. The first-order chi connectivity index (χ1) is 10.7. The van der Waals surface area contributed by atoms with Crippen molar-refractivity contribution in [2.75, 3.05) is 0 Å². The van der Waals surface area contributed by atoms with Crippen LogP contribution in [-0.2, 0) is 7.05 Å². The molecule has 0 spiro atoms. The summed E-state index contributed by atoms with van der Waals surface area (Å²) in [7, 11) is 2.04. The number of aryl methyl sites for hydroxylation is 1. The third-order valence-electron chi connectivity index (χ3n) is 4.26. The number of hydrogen-bond donors (Lipinski definition) is 0. The van der Waals surface area contributed by atoms with Crippen molar-refractivity contribution in [3.8, 4) is 0 Å². The Labute approximate surface area is 131 Å². The van der Waals surface area contributed by atoms with E-state index in [2.05, 4.69) is 42.0 Å². The molecular weight excluding hydrogens is 270 g/mol. The number of nitrogens with zero attached hydrogens (tertiary/aromatic N) is 1. The Kier molecular flexibility index (Phi) is 4.10. The molecule has 1 unspecified atom stereocenters. The van der Waals surface area contributed by atoms with Gasteiger partial charge < -0.3 is 4.57 Å². The predicted octanol–water partition coefficient (Wildman–Crippen LogP) is 4.94. The fraction of sp³-hybridized carbons (Fsp3) is 0.250. The van der Waals surface area contributed by atoms with Gasteiger partial charge in [0.05, 0.1) is 0 Å². The summed E-state index contributed by atoms with van der Waals surface area (Å²) in [5.74, 6) is 0.162. The van der Waals surface area contributed by atoms with Crippen LogP contribution in [0.3, 0.4) is 0 Å². The number of carbonyl (C=O) groups excluding carboxylic acids is 1. The molecule has 0 aliphatic rings. The minimum absolute atomic E-state index is 0.0583. The van der Waals surface area contributed by atoms with Crippen molar-refractivity contribution in [1.29, 1.82) is 0 Å². The Balaban J connectivity index is 2.00. The highest BCUT2D eigenvalue weighted by Crippen LogP contribution is 2.28. The fourth-order valence-corrected chi connectivity index (χ4v) is 3.06. The van der Waals surface area contributed by atoms with Crippen molar-refractivity contribution >= 4 is 16.7 Å². The summed E-state index contributed by atoms with van der Waals surface area (Å²) >= 11 is 0. The Bertz CT molecular complexity index is 786. The summed E-state index contributed by atoms with van der Waals surface area (Å²) in [6.45, 7) is 2.13. The maximum atomic E-state index is 12.9. The second-order valence-corrected chi connectivity index (χ2v) is 5.82. The second kappa shape index (κ2) is 6.18. The van der Waals surface area contributed by atoms with E-state index in [0.717, 1.165) is 24.0 Å². The Morgan fingerprint density at radius 3 is 2.59 bits per heavy atom. The molecule has 0 radical (unpaired) electrons. The first kappa shape index (κ1) is 14.6.